The summed E-state index contributed by atoms with van der Waals surface area (Å²) in [4.78, 5) is 8.48. The van der Waals surface area contributed by atoms with E-state index in [-0.39, 0.29) is 0 Å². The Bertz CT molecular complexity index is 528. The molecule has 0 aliphatic heterocycles. The van der Waals surface area contributed by atoms with Gasteiger partial charge in [-0.1, -0.05) is 5.21 Å². The highest BCUT2D eigenvalue weighted by Gasteiger charge is 2.16. The van der Waals surface area contributed by atoms with Crippen LogP contribution in [0.4, 0.5) is 5.82 Å². The molecule has 0 atom stereocenters. The number of nitrogen functional groups attached to an aromatic ring is 1. The van der Waals surface area contributed by atoms with Crippen LogP contribution < -0.4 is 5.73 Å². The van der Waals surface area contributed by atoms with Crippen molar-refractivity contribution in [1.82, 2.24) is 25.0 Å². The zero-order chi connectivity index (χ0) is 11.9. The number of hydrogen-bond donors (Lipinski definition) is 1. The van der Waals surface area contributed by atoms with Gasteiger partial charge in [0.05, 0.1) is 5.69 Å². The summed E-state index contributed by atoms with van der Waals surface area (Å²) in [7, 11) is 1.81. The Labute approximate surface area is 101 Å². The first-order valence-corrected chi connectivity index (χ1v) is 5.46. The van der Waals surface area contributed by atoms with E-state index >= 15 is 0 Å². The summed E-state index contributed by atoms with van der Waals surface area (Å²) in [5, 5.41) is 7.83. The Morgan fingerprint density at radius 2 is 1.94 bits per heavy atom. The summed E-state index contributed by atoms with van der Waals surface area (Å²) in [6.07, 6.45) is 0. The largest absolute Gasteiger partial charge is 0.383 e. The summed E-state index contributed by atoms with van der Waals surface area (Å²) in [5.74, 6) is 1.11. The topological polar surface area (TPSA) is 82.5 Å². The van der Waals surface area contributed by atoms with E-state index in [9.17, 15) is 0 Å². The average Bonchev–Trinajstić information content (AvgIpc) is 2.53. The van der Waals surface area contributed by atoms with Crippen LogP contribution in [0.2, 0.25) is 0 Å². The lowest BCUT2D eigenvalue weighted by Gasteiger charge is -2.08. The number of nitrogens with two attached hydrogens (primary N) is 1. The van der Waals surface area contributed by atoms with Gasteiger partial charge in [-0.2, -0.15) is 0 Å². The van der Waals surface area contributed by atoms with Crippen molar-refractivity contribution in [2.75, 3.05) is 5.73 Å². The van der Waals surface area contributed by atoms with Crippen LogP contribution in [0.1, 0.15) is 11.4 Å². The Morgan fingerprint density at radius 3 is 2.50 bits per heavy atom. The van der Waals surface area contributed by atoms with E-state index < -0.39 is 0 Å². The fraction of sp³-hybridized carbons (Fsp3) is 0.333. The Hall–Kier alpha value is -1.50. The van der Waals surface area contributed by atoms with Crippen molar-refractivity contribution in [2.45, 2.75) is 13.8 Å². The second-order valence-corrected chi connectivity index (χ2v) is 4.23. The minimum atomic E-state index is 0.482. The molecule has 0 spiro atoms. The molecule has 0 aromatic carbocycles. The summed E-state index contributed by atoms with van der Waals surface area (Å²) in [6.45, 7) is 3.68. The Morgan fingerprint density at radius 1 is 1.25 bits per heavy atom. The molecule has 0 saturated heterocycles. The molecule has 16 heavy (non-hydrogen) atoms. The predicted octanol–water partition coefficient (Wildman–Crippen LogP) is 1.23. The monoisotopic (exact) mass is 282 g/mol. The van der Waals surface area contributed by atoms with Crippen molar-refractivity contribution in [2.24, 2.45) is 7.05 Å². The zero-order valence-electron chi connectivity index (χ0n) is 9.19. The van der Waals surface area contributed by atoms with E-state index in [1.165, 1.54) is 0 Å². The number of aryl methyl sites for hydroxylation is 2. The molecule has 2 N–H and O–H groups in total. The summed E-state index contributed by atoms with van der Waals surface area (Å²) in [5.41, 5.74) is 8.20. The minimum Gasteiger partial charge on any atom is -0.383 e. The van der Waals surface area contributed by atoms with Gasteiger partial charge in [0.15, 0.2) is 4.60 Å². The third-order valence-electron chi connectivity index (χ3n) is 2.31. The number of anilines is 1. The second kappa shape index (κ2) is 3.82. The van der Waals surface area contributed by atoms with E-state index in [0.717, 1.165) is 17.0 Å². The van der Waals surface area contributed by atoms with Crippen molar-refractivity contribution in [3.63, 3.8) is 0 Å². The van der Waals surface area contributed by atoms with Crippen LogP contribution >= 0.6 is 15.9 Å². The van der Waals surface area contributed by atoms with Gasteiger partial charge in [-0.15, -0.1) is 5.10 Å². The van der Waals surface area contributed by atoms with Crippen LogP contribution in [-0.4, -0.2) is 25.0 Å². The highest BCUT2D eigenvalue weighted by Crippen LogP contribution is 2.28. The highest BCUT2D eigenvalue weighted by molar-refractivity contribution is 9.10. The normalized spacial score (nSPS) is 10.8. The lowest BCUT2D eigenvalue weighted by atomic mass is 10.2. The molecule has 0 saturated carbocycles. The van der Waals surface area contributed by atoms with Crippen LogP contribution in [0, 0.1) is 13.8 Å². The molecule has 84 valence electrons. The molecule has 0 bridgehead atoms. The summed E-state index contributed by atoms with van der Waals surface area (Å²) in [6, 6.07) is 0. The number of aromatic nitrogens is 5. The van der Waals surface area contributed by atoms with Crippen molar-refractivity contribution in [3.8, 4) is 11.4 Å². The van der Waals surface area contributed by atoms with Crippen LogP contribution in [0.5, 0.6) is 0 Å². The fourth-order valence-corrected chi connectivity index (χ4v) is 1.98. The van der Waals surface area contributed by atoms with Gasteiger partial charge in [-0.25, -0.2) is 14.6 Å². The van der Waals surface area contributed by atoms with Gasteiger partial charge in [-0.3, -0.25) is 0 Å². The lowest BCUT2D eigenvalue weighted by molar-refractivity contribution is 0.717. The third kappa shape index (κ3) is 1.67. The Kier molecular flexibility index (Phi) is 2.63. The first-order chi connectivity index (χ1) is 7.50. The molecule has 0 aliphatic rings. The van der Waals surface area contributed by atoms with E-state index in [0.29, 0.717) is 16.2 Å². The molecular weight excluding hydrogens is 272 g/mol. The van der Waals surface area contributed by atoms with Gasteiger partial charge < -0.3 is 5.73 Å². The van der Waals surface area contributed by atoms with E-state index in [2.05, 4.69) is 36.2 Å². The molecule has 6 nitrogen and oxygen atoms in total. The minimum absolute atomic E-state index is 0.482. The van der Waals surface area contributed by atoms with Gasteiger partial charge in [0.25, 0.3) is 0 Å². The highest BCUT2D eigenvalue weighted by atomic mass is 79.9. The predicted molar refractivity (Wildman–Crippen MR) is 63.6 cm³/mol. The average molecular weight is 283 g/mol. The van der Waals surface area contributed by atoms with Gasteiger partial charge in [0.2, 0.25) is 0 Å². The van der Waals surface area contributed by atoms with Crippen molar-refractivity contribution >= 4 is 21.7 Å². The molecule has 2 aromatic heterocycles. The summed E-state index contributed by atoms with van der Waals surface area (Å²) < 4.78 is 2.30. The molecule has 2 heterocycles. The van der Waals surface area contributed by atoms with Crippen LogP contribution in [-0.2, 0) is 7.05 Å². The van der Waals surface area contributed by atoms with Crippen LogP contribution in [0.3, 0.4) is 0 Å². The quantitative estimate of drug-likeness (QED) is 0.851. The van der Waals surface area contributed by atoms with Crippen LogP contribution in [0.15, 0.2) is 4.60 Å². The first-order valence-electron chi connectivity index (χ1n) is 4.67. The first kappa shape index (κ1) is 11.0. The zero-order valence-corrected chi connectivity index (χ0v) is 10.8. The van der Waals surface area contributed by atoms with Crippen molar-refractivity contribution < 1.29 is 0 Å². The standard InChI is InChI=1S/C9H11BrN6/c1-4-6(12-5(2)13-9(4)11)7-8(10)14-15-16(7)3/h1-3H3,(H2,11,12,13). The lowest BCUT2D eigenvalue weighted by Crippen LogP contribution is -2.05. The molecule has 0 amide bonds. The molecule has 2 rings (SSSR count). The Balaban J connectivity index is 2.74. The van der Waals surface area contributed by atoms with E-state index in [4.69, 9.17) is 5.73 Å². The maximum Gasteiger partial charge on any atom is 0.157 e. The smallest absolute Gasteiger partial charge is 0.157 e. The maximum atomic E-state index is 5.81. The number of hydrogen-bond acceptors (Lipinski definition) is 5. The van der Waals surface area contributed by atoms with Gasteiger partial charge in [-0.05, 0) is 29.8 Å². The van der Waals surface area contributed by atoms with Crippen molar-refractivity contribution in [3.05, 3.63) is 16.0 Å². The molecule has 7 heteroatoms. The molecule has 2 aromatic rings. The fourth-order valence-electron chi connectivity index (χ4n) is 1.46. The molecule has 0 fully saturated rings. The van der Waals surface area contributed by atoms with E-state index in [1.807, 2.05) is 6.92 Å². The molecule has 0 radical (unpaired) electrons. The second-order valence-electron chi connectivity index (χ2n) is 3.48. The van der Waals surface area contributed by atoms with Gasteiger partial charge in [0, 0.05) is 12.6 Å². The summed E-state index contributed by atoms with van der Waals surface area (Å²) >= 11 is 3.34. The molecule has 0 unspecified atom stereocenters. The van der Waals surface area contributed by atoms with Gasteiger partial charge >= 0.3 is 0 Å². The van der Waals surface area contributed by atoms with Crippen molar-refractivity contribution in [1.29, 1.82) is 0 Å². The maximum absolute atomic E-state index is 5.81. The van der Waals surface area contributed by atoms with Crippen LogP contribution in [0.25, 0.3) is 11.4 Å². The third-order valence-corrected chi connectivity index (χ3v) is 2.84. The SMILES string of the molecule is Cc1nc(N)c(C)c(-c2c(Br)nnn2C)n1. The number of rotatable bonds is 1. The molecular formula is C9H11BrN6. The molecule has 0 aliphatic carbocycles. The van der Waals surface area contributed by atoms with E-state index in [1.54, 1.807) is 18.7 Å². The number of nitrogens with zero attached hydrogens (tertiary/aromatic N) is 5. The van der Waals surface area contributed by atoms with Gasteiger partial charge in [0.1, 0.15) is 17.3 Å². The number of halogens is 1.